The molecule has 29 heavy (non-hydrogen) atoms. The van der Waals surface area contributed by atoms with Crippen molar-refractivity contribution in [2.75, 3.05) is 0 Å². The molecule has 4 rings (SSSR count). The Balaban J connectivity index is 1.62. The van der Waals surface area contributed by atoms with Crippen molar-refractivity contribution >= 4 is 34.5 Å². The van der Waals surface area contributed by atoms with Gasteiger partial charge < -0.3 is 5.73 Å². The van der Waals surface area contributed by atoms with Crippen LogP contribution in [-0.2, 0) is 16.9 Å². The third-order valence-electron chi connectivity index (χ3n) is 4.81. The molecule has 0 saturated carbocycles. The highest BCUT2D eigenvalue weighted by atomic mass is 32.1. The molecule has 3 aromatic rings. The number of thiazole rings is 1. The third-order valence-corrected chi connectivity index (χ3v) is 6.75. The minimum atomic E-state index is -0.662. The molecule has 0 spiro atoms. The number of benzene rings is 1. The zero-order chi connectivity index (χ0) is 20.4. The van der Waals surface area contributed by atoms with Gasteiger partial charge in [-0.15, -0.1) is 28.6 Å². The highest BCUT2D eigenvalue weighted by Crippen LogP contribution is 2.39. The van der Waals surface area contributed by atoms with Crippen molar-refractivity contribution < 1.29 is 4.79 Å². The lowest BCUT2D eigenvalue weighted by atomic mass is 9.93. The van der Waals surface area contributed by atoms with Crippen molar-refractivity contribution in [2.24, 2.45) is 10.7 Å². The molecule has 1 atom stereocenters. The highest BCUT2D eigenvalue weighted by Gasteiger charge is 2.38. The van der Waals surface area contributed by atoms with E-state index in [-0.39, 0.29) is 18.3 Å². The Morgan fingerprint density at radius 1 is 1.28 bits per heavy atom. The van der Waals surface area contributed by atoms with E-state index in [1.807, 2.05) is 31.4 Å². The van der Waals surface area contributed by atoms with Crippen molar-refractivity contribution in [3.05, 3.63) is 62.7 Å². The minimum absolute atomic E-state index is 0.0367. The fourth-order valence-electron chi connectivity index (χ4n) is 3.34. The summed E-state index contributed by atoms with van der Waals surface area (Å²) >= 11 is 3.10. The SMILES string of the molecule is CC#Cc1cccc(-c2csc([C@]3(C)CC(=O)N(Cc4nccs4)C(N)=N3)c2)c1. The van der Waals surface area contributed by atoms with Gasteiger partial charge in [-0.1, -0.05) is 18.1 Å². The standard InChI is InChI=1S/C22H20N4OS2/c1-3-5-15-6-4-7-16(10-15)17-11-18(29-14-17)22(2)12-20(27)26(21(23)25-22)13-19-24-8-9-28-19/h4,6-11,14H,12-13H2,1-2H3,(H2,23,25)/t22-/m0/s1. The van der Waals surface area contributed by atoms with E-state index in [2.05, 4.69) is 40.4 Å². The van der Waals surface area contributed by atoms with E-state index in [0.717, 1.165) is 26.6 Å². The predicted molar refractivity (Wildman–Crippen MR) is 119 cm³/mol. The zero-order valence-electron chi connectivity index (χ0n) is 16.2. The molecular weight excluding hydrogens is 400 g/mol. The second-order valence-electron chi connectivity index (χ2n) is 6.98. The van der Waals surface area contributed by atoms with Gasteiger partial charge in [-0.25, -0.2) is 9.98 Å². The summed E-state index contributed by atoms with van der Waals surface area (Å²) < 4.78 is 0. The summed E-state index contributed by atoms with van der Waals surface area (Å²) in [5, 5.41) is 4.82. The van der Waals surface area contributed by atoms with E-state index < -0.39 is 5.54 Å². The Bertz CT molecular complexity index is 1140. The summed E-state index contributed by atoms with van der Waals surface area (Å²) in [5.41, 5.74) is 8.71. The lowest BCUT2D eigenvalue weighted by molar-refractivity contribution is -0.130. The van der Waals surface area contributed by atoms with E-state index in [9.17, 15) is 4.79 Å². The quantitative estimate of drug-likeness (QED) is 0.643. The van der Waals surface area contributed by atoms with Crippen LogP contribution in [0.1, 0.15) is 35.7 Å². The fraction of sp³-hybridized carbons (Fsp3) is 0.227. The molecule has 0 unspecified atom stereocenters. The molecule has 7 heteroatoms. The molecule has 3 heterocycles. The largest absolute Gasteiger partial charge is 0.369 e. The predicted octanol–water partition coefficient (Wildman–Crippen LogP) is 4.21. The maximum atomic E-state index is 12.8. The van der Waals surface area contributed by atoms with Gasteiger partial charge in [0.05, 0.1) is 13.0 Å². The van der Waals surface area contributed by atoms with Gasteiger partial charge in [0.25, 0.3) is 0 Å². The Morgan fingerprint density at radius 2 is 2.14 bits per heavy atom. The van der Waals surface area contributed by atoms with Crippen molar-refractivity contribution in [1.29, 1.82) is 0 Å². The number of aliphatic imine (C=N–C) groups is 1. The first-order valence-electron chi connectivity index (χ1n) is 9.15. The van der Waals surface area contributed by atoms with Crippen LogP contribution in [0.4, 0.5) is 0 Å². The molecule has 0 radical (unpaired) electrons. The van der Waals surface area contributed by atoms with Crippen LogP contribution in [-0.4, -0.2) is 21.8 Å². The Morgan fingerprint density at radius 3 is 2.86 bits per heavy atom. The molecule has 146 valence electrons. The number of hydrogen-bond donors (Lipinski definition) is 1. The summed E-state index contributed by atoms with van der Waals surface area (Å²) in [4.78, 5) is 24.3. The number of rotatable bonds is 4. The summed E-state index contributed by atoms with van der Waals surface area (Å²) in [5.74, 6) is 6.23. The van der Waals surface area contributed by atoms with Gasteiger partial charge >= 0.3 is 0 Å². The third kappa shape index (κ3) is 3.95. The highest BCUT2D eigenvalue weighted by molar-refractivity contribution is 7.10. The van der Waals surface area contributed by atoms with Gasteiger partial charge in [-0.3, -0.25) is 9.69 Å². The van der Waals surface area contributed by atoms with Crippen molar-refractivity contribution in [2.45, 2.75) is 32.4 Å². The number of thiophene rings is 1. The zero-order valence-corrected chi connectivity index (χ0v) is 17.8. The van der Waals surface area contributed by atoms with Gasteiger partial charge in [0.15, 0.2) is 5.96 Å². The number of guanidine groups is 1. The van der Waals surface area contributed by atoms with Crippen LogP contribution in [0.2, 0.25) is 0 Å². The first-order valence-corrected chi connectivity index (χ1v) is 10.9. The van der Waals surface area contributed by atoms with E-state index in [1.165, 1.54) is 16.2 Å². The normalized spacial score (nSPS) is 18.9. The summed E-state index contributed by atoms with van der Waals surface area (Å²) in [6.45, 7) is 4.16. The van der Waals surface area contributed by atoms with Crippen LogP contribution in [0, 0.1) is 11.8 Å². The van der Waals surface area contributed by atoms with Crippen LogP contribution in [0.5, 0.6) is 0 Å². The van der Waals surface area contributed by atoms with Gasteiger partial charge in [0.1, 0.15) is 10.5 Å². The molecule has 1 aliphatic rings. The van der Waals surface area contributed by atoms with E-state index in [0.29, 0.717) is 6.54 Å². The smallest absolute Gasteiger partial charge is 0.232 e. The molecule has 1 amide bonds. The lowest BCUT2D eigenvalue weighted by Gasteiger charge is -2.34. The van der Waals surface area contributed by atoms with Crippen LogP contribution >= 0.6 is 22.7 Å². The lowest BCUT2D eigenvalue weighted by Crippen LogP contribution is -2.49. The topological polar surface area (TPSA) is 71.6 Å². The number of hydrogen-bond acceptors (Lipinski definition) is 6. The van der Waals surface area contributed by atoms with Gasteiger partial charge in [-0.05, 0) is 48.6 Å². The number of amides is 1. The number of aromatic nitrogens is 1. The first kappa shape index (κ1) is 19.4. The number of carbonyl (C=O) groups is 1. The van der Waals surface area contributed by atoms with Crippen LogP contribution in [0.25, 0.3) is 11.1 Å². The number of carbonyl (C=O) groups excluding carboxylic acids is 1. The maximum Gasteiger partial charge on any atom is 0.232 e. The van der Waals surface area contributed by atoms with Crippen molar-refractivity contribution in [3.63, 3.8) is 0 Å². The van der Waals surface area contributed by atoms with Gasteiger partial charge in [0.2, 0.25) is 5.91 Å². The molecule has 1 aliphatic heterocycles. The summed E-state index contributed by atoms with van der Waals surface area (Å²) in [7, 11) is 0. The number of nitrogens with two attached hydrogens (primary N) is 1. The molecule has 2 N–H and O–H groups in total. The monoisotopic (exact) mass is 420 g/mol. The molecule has 0 aliphatic carbocycles. The van der Waals surface area contributed by atoms with E-state index in [4.69, 9.17) is 10.7 Å². The second-order valence-corrected chi connectivity index (χ2v) is 8.87. The number of nitrogens with zero attached hydrogens (tertiary/aromatic N) is 3. The average Bonchev–Trinajstić information content (AvgIpc) is 3.38. The summed E-state index contributed by atoms with van der Waals surface area (Å²) in [6, 6.07) is 10.2. The maximum absolute atomic E-state index is 12.8. The van der Waals surface area contributed by atoms with Crippen LogP contribution in [0.15, 0.2) is 52.3 Å². The molecule has 0 fully saturated rings. The molecular formula is C22H20N4OS2. The minimum Gasteiger partial charge on any atom is -0.369 e. The first-order chi connectivity index (χ1) is 14.0. The van der Waals surface area contributed by atoms with E-state index >= 15 is 0 Å². The molecule has 2 aromatic heterocycles. The van der Waals surface area contributed by atoms with Crippen LogP contribution < -0.4 is 5.73 Å². The van der Waals surface area contributed by atoms with E-state index in [1.54, 1.807) is 17.5 Å². The second kappa shape index (κ2) is 7.82. The Labute approximate surface area is 177 Å². The fourth-order valence-corrected chi connectivity index (χ4v) is 4.97. The molecule has 0 bridgehead atoms. The summed E-state index contributed by atoms with van der Waals surface area (Å²) in [6.07, 6.45) is 2.00. The molecule has 0 saturated heterocycles. The Kier molecular flexibility index (Phi) is 5.22. The molecule has 1 aromatic carbocycles. The Hall–Kier alpha value is -2.95. The van der Waals surface area contributed by atoms with Crippen LogP contribution in [0.3, 0.4) is 0 Å². The molecule has 5 nitrogen and oxygen atoms in total. The average molecular weight is 421 g/mol. The van der Waals surface area contributed by atoms with Gasteiger partial charge in [-0.2, -0.15) is 0 Å². The van der Waals surface area contributed by atoms with Crippen molar-refractivity contribution in [3.8, 4) is 23.0 Å². The van der Waals surface area contributed by atoms with Gasteiger partial charge in [0, 0.05) is 22.0 Å². The van der Waals surface area contributed by atoms with Crippen molar-refractivity contribution in [1.82, 2.24) is 9.88 Å².